The molecule has 9 heteroatoms. The average Bonchev–Trinajstić information content (AvgIpc) is 2.85. The van der Waals surface area contributed by atoms with Crippen LogP contribution in [-0.4, -0.2) is 28.0 Å². The summed E-state index contributed by atoms with van der Waals surface area (Å²) in [6, 6.07) is 6.05. The number of nitrogens with zero attached hydrogens (tertiary/aromatic N) is 2. The van der Waals surface area contributed by atoms with Crippen molar-refractivity contribution < 1.29 is 18.3 Å². The lowest BCUT2D eigenvalue weighted by Gasteiger charge is -2.14. The number of carbonyl (C=O) groups is 1. The van der Waals surface area contributed by atoms with Crippen molar-refractivity contribution in [1.82, 2.24) is 10.2 Å². The van der Waals surface area contributed by atoms with Gasteiger partial charge < -0.3 is 10.1 Å². The molecule has 1 heterocycles. The van der Waals surface area contributed by atoms with Gasteiger partial charge in [-0.1, -0.05) is 35.2 Å². The first-order chi connectivity index (χ1) is 10.5. The van der Waals surface area contributed by atoms with Gasteiger partial charge in [0, 0.05) is 0 Å². The fourth-order valence-corrected chi connectivity index (χ4v) is 3.49. The van der Waals surface area contributed by atoms with Gasteiger partial charge >= 0.3 is 6.61 Å². The molecular formula is C13H13F2N3O2S2. The Morgan fingerprint density at radius 3 is 2.73 bits per heavy atom. The molecule has 2 rings (SSSR count). The first-order valence-corrected chi connectivity index (χ1v) is 7.97. The molecule has 118 valence electrons. The van der Waals surface area contributed by atoms with Crippen LogP contribution in [-0.2, 0) is 4.79 Å². The number of amides is 1. The van der Waals surface area contributed by atoms with Crippen LogP contribution >= 0.6 is 23.1 Å². The van der Waals surface area contributed by atoms with Gasteiger partial charge in [-0.2, -0.15) is 8.78 Å². The number of anilines is 1. The number of halogens is 2. The molecule has 0 spiro atoms. The largest absolute Gasteiger partial charge is 0.433 e. The van der Waals surface area contributed by atoms with Crippen molar-refractivity contribution in [2.75, 3.05) is 5.32 Å². The molecule has 0 aliphatic heterocycles. The van der Waals surface area contributed by atoms with Crippen molar-refractivity contribution in [3.05, 3.63) is 29.3 Å². The average molecular weight is 345 g/mol. The predicted octanol–water partition coefficient (Wildman–Crippen LogP) is 3.57. The van der Waals surface area contributed by atoms with Crippen molar-refractivity contribution in [3.63, 3.8) is 0 Å². The van der Waals surface area contributed by atoms with Gasteiger partial charge in [-0.3, -0.25) is 4.79 Å². The molecule has 1 aromatic carbocycles. The van der Waals surface area contributed by atoms with Crippen LogP contribution in [0.1, 0.15) is 11.9 Å². The molecule has 0 fully saturated rings. The number of aromatic nitrogens is 2. The number of rotatable bonds is 6. The first-order valence-electron chi connectivity index (χ1n) is 6.27. The third-order valence-electron chi connectivity index (χ3n) is 2.52. The Balaban J connectivity index is 2.02. The third-order valence-corrected chi connectivity index (χ3v) is 4.54. The zero-order valence-electron chi connectivity index (χ0n) is 11.7. The fourth-order valence-electron chi connectivity index (χ4n) is 1.53. The van der Waals surface area contributed by atoms with Gasteiger partial charge in [0.25, 0.3) is 0 Å². The number of carbonyl (C=O) groups excluding carboxylic acids is 1. The van der Waals surface area contributed by atoms with Crippen molar-refractivity contribution in [2.45, 2.75) is 30.0 Å². The summed E-state index contributed by atoms with van der Waals surface area (Å²) < 4.78 is 29.7. The predicted molar refractivity (Wildman–Crippen MR) is 81.7 cm³/mol. The highest BCUT2D eigenvalue weighted by Crippen LogP contribution is 2.29. The summed E-state index contributed by atoms with van der Waals surface area (Å²) in [6.07, 6.45) is 0. The molecule has 0 saturated carbocycles. The first kappa shape index (κ1) is 16.6. The van der Waals surface area contributed by atoms with Crippen LogP contribution in [0.5, 0.6) is 5.75 Å². The number of nitrogens with one attached hydrogen (secondary N) is 1. The number of para-hydroxylation sites is 2. The molecule has 1 amide bonds. The summed E-state index contributed by atoms with van der Waals surface area (Å²) in [4.78, 5) is 12.1. The van der Waals surface area contributed by atoms with Crippen molar-refractivity contribution in [2.24, 2.45) is 0 Å². The minimum absolute atomic E-state index is 0.0743. The topological polar surface area (TPSA) is 64.1 Å². The smallest absolute Gasteiger partial charge is 0.387 e. The van der Waals surface area contributed by atoms with E-state index in [0.29, 0.717) is 4.34 Å². The lowest BCUT2D eigenvalue weighted by atomic mass is 10.3. The van der Waals surface area contributed by atoms with E-state index in [0.717, 1.165) is 5.01 Å². The molecule has 0 saturated heterocycles. The standard InChI is InChI=1S/C13H13F2N3O2S2/c1-7(21-13-18-17-8(2)22-13)11(19)16-9-5-3-4-6-10(9)20-12(14)15/h3-7,12H,1-2H3,(H,16,19)/t7-/m1/s1. The van der Waals surface area contributed by atoms with Gasteiger partial charge in [-0.25, -0.2) is 0 Å². The van der Waals surface area contributed by atoms with E-state index in [1.165, 1.54) is 35.2 Å². The van der Waals surface area contributed by atoms with Crippen LogP contribution in [0.3, 0.4) is 0 Å². The summed E-state index contributed by atoms with van der Waals surface area (Å²) in [5, 5.41) is 10.7. The highest BCUT2D eigenvalue weighted by atomic mass is 32.2. The highest BCUT2D eigenvalue weighted by Gasteiger charge is 2.19. The van der Waals surface area contributed by atoms with E-state index < -0.39 is 11.9 Å². The van der Waals surface area contributed by atoms with E-state index >= 15 is 0 Å². The zero-order valence-corrected chi connectivity index (χ0v) is 13.4. The van der Waals surface area contributed by atoms with E-state index in [-0.39, 0.29) is 17.3 Å². The number of thioether (sulfide) groups is 1. The normalized spacial score (nSPS) is 12.2. The maximum absolute atomic E-state index is 12.3. The Morgan fingerprint density at radius 1 is 1.36 bits per heavy atom. The van der Waals surface area contributed by atoms with Crippen LogP contribution in [0, 0.1) is 6.92 Å². The molecule has 1 atom stereocenters. The summed E-state index contributed by atoms with van der Waals surface area (Å²) in [5.41, 5.74) is 0.202. The van der Waals surface area contributed by atoms with Gasteiger partial charge in [-0.15, -0.1) is 10.2 Å². The van der Waals surface area contributed by atoms with Gasteiger partial charge in [0.05, 0.1) is 10.9 Å². The zero-order chi connectivity index (χ0) is 16.1. The highest BCUT2D eigenvalue weighted by molar-refractivity contribution is 8.02. The second-order valence-electron chi connectivity index (χ2n) is 4.21. The molecule has 0 bridgehead atoms. The monoisotopic (exact) mass is 345 g/mol. The van der Waals surface area contributed by atoms with Crippen molar-refractivity contribution in [1.29, 1.82) is 0 Å². The molecule has 0 radical (unpaired) electrons. The van der Waals surface area contributed by atoms with Crippen LogP contribution in [0.4, 0.5) is 14.5 Å². The van der Waals surface area contributed by atoms with E-state index in [1.807, 2.05) is 6.92 Å². The van der Waals surface area contributed by atoms with Gasteiger partial charge in [0.15, 0.2) is 4.34 Å². The van der Waals surface area contributed by atoms with E-state index in [4.69, 9.17) is 0 Å². The second kappa shape index (κ2) is 7.50. The Hall–Kier alpha value is -1.74. The number of alkyl halides is 2. The fraction of sp³-hybridized carbons (Fsp3) is 0.308. The quantitative estimate of drug-likeness (QED) is 0.811. The lowest BCUT2D eigenvalue weighted by molar-refractivity contribution is -0.115. The third kappa shape index (κ3) is 4.63. The number of hydrogen-bond acceptors (Lipinski definition) is 6. The summed E-state index contributed by atoms with van der Waals surface area (Å²) in [6.45, 7) is 0.576. The van der Waals surface area contributed by atoms with Crippen molar-refractivity contribution >= 4 is 34.7 Å². The number of ether oxygens (including phenoxy) is 1. The maximum Gasteiger partial charge on any atom is 0.387 e. The van der Waals surface area contributed by atoms with E-state index in [9.17, 15) is 13.6 Å². The maximum atomic E-state index is 12.3. The number of benzene rings is 1. The van der Waals surface area contributed by atoms with Crippen LogP contribution < -0.4 is 10.1 Å². The molecular weight excluding hydrogens is 332 g/mol. The molecule has 5 nitrogen and oxygen atoms in total. The van der Waals surface area contributed by atoms with Gasteiger partial charge in [-0.05, 0) is 26.0 Å². The number of aryl methyl sites for hydroxylation is 1. The number of hydrogen-bond donors (Lipinski definition) is 1. The molecule has 22 heavy (non-hydrogen) atoms. The Morgan fingerprint density at radius 2 is 2.09 bits per heavy atom. The lowest BCUT2D eigenvalue weighted by Crippen LogP contribution is -2.23. The molecule has 0 aliphatic rings. The summed E-state index contributed by atoms with van der Waals surface area (Å²) in [5.74, 6) is -0.405. The summed E-state index contributed by atoms with van der Waals surface area (Å²) in [7, 11) is 0. The summed E-state index contributed by atoms with van der Waals surface area (Å²) >= 11 is 2.64. The van der Waals surface area contributed by atoms with E-state index in [1.54, 1.807) is 19.1 Å². The molecule has 2 aromatic rings. The Labute approximate surface area is 134 Å². The molecule has 0 unspecified atom stereocenters. The van der Waals surface area contributed by atoms with Crippen LogP contribution in [0.15, 0.2) is 28.6 Å². The van der Waals surface area contributed by atoms with Crippen molar-refractivity contribution in [3.8, 4) is 5.75 Å². The molecule has 0 aliphatic carbocycles. The SMILES string of the molecule is Cc1nnc(S[C@H](C)C(=O)Nc2ccccc2OC(F)F)s1. The Bertz CT molecular complexity index is 652. The molecule has 1 N–H and O–H groups in total. The van der Waals surface area contributed by atoms with Gasteiger partial charge in [0.1, 0.15) is 10.8 Å². The Kier molecular flexibility index (Phi) is 5.67. The minimum Gasteiger partial charge on any atom is -0.433 e. The van der Waals surface area contributed by atoms with Gasteiger partial charge in [0.2, 0.25) is 5.91 Å². The van der Waals surface area contributed by atoms with Crippen LogP contribution in [0.2, 0.25) is 0 Å². The second-order valence-corrected chi connectivity index (χ2v) is 6.98. The minimum atomic E-state index is -2.95. The van der Waals surface area contributed by atoms with Crippen LogP contribution in [0.25, 0.3) is 0 Å². The molecule has 1 aromatic heterocycles. The van der Waals surface area contributed by atoms with E-state index in [2.05, 4.69) is 20.3 Å².